The van der Waals surface area contributed by atoms with Crippen LogP contribution in [0.2, 0.25) is 0 Å². The van der Waals surface area contributed by atoms with Gasteiger partial charge in [0, 0.05) is 0 Å². The highest BCUT2D eigenvalue weighted by Gasteiger charge is 2.37. The largest absolute Gasteiger partial charge is 0.491 e. The third-order valence-electron chi connectivity index (χ3n) is 4.62. The van der Waals surface area contributed by atoms with Crippen LogP contribution in [0.3, 0.4) is 0 Å². The van der Waals surface area contributed by atoms with Crippen LogP contribution in [0.25, 0.3) is 0 Å². The molecule has 0 aromatic heterocycles. The van der Waals surface area contributed by atoms with E-state index in [0.717, 1.165) is 18.4 Å². The lowest BCUT2D eigenvalue weighted by atomic mass is 9.79. The molecule has 108 valence electrons. The Hall–Kier alpha value is -1.55. The molecule has 4 nitrogen and oxygen atoms in total. The van der Waals surface area contributed by atoms with E-state index in [1.807, 2.05) is 6.07 Å². The first kappa shape index (κ1) is 13.4. The monoisotopic (exact) mass is 275 g/mol. The fraction of sp³-hybridized carbons (Fsp3) is 0.562. The molecule has 1 unspecified atom stereocenters. The van der Waals surface area contributed by atoms with Crippen LogP contribution in [-0.4, -0.2) is 24.2 Å². The molecule has 2 N–H and O–H groups in total. The second-order valence-corrected chi connectivity index (χ2v) is 6.12. The van der Waals surface area contributed by atoms with E-state index < -0.39 is 6.10 Å². The maximum Gasteiger partial charge on any atom is 0.255 e. The fourth-order valence-electron chi connectivity index (χ4n) is 3.30. The van der Waals surface area contributed by atoms with Crippen LogP contribution in [0.15, 0.2) is 18.2 Å². The Morgan fingerprint density at radius 2 is 2.10 bits per heavy atom. The number of ether oxygens (including phenoxy) is 1. The first-order chi connectivity index (χ1) is 9.60. The van der Waals surface area contributed by atoms with Gasteiger partial charge in [0.05, 0.1) is 18.2 Å². The first-order valence-corrected chi connectivity index (χ1v) is 7.33. The van der Waals surface area contributed by atoms with Gasteiger partial charge in [-0.1, -0.05) is 25.8 Å². The maximum atomic E-state index is 12.0. The van der Waals surface area contributed by atoms with E-state index in [4.69, 9.17) is 4.74 Å². The van der Waals surface area contributed by atoms with E-state index in [9.17, 15) is 9.90 Å². The molecule has 0 saturated heterocycles. The van der Waals surface area contributed by atoms with Crippen molar-refractivity contribution in [3.63, 3.8) is 0 Å². The standard InChI is InChI=1S/C16H21NO3/c1-16(6-2-3-7-16)14(18)11-4-5-13-12(10-11)15(19)17-8-9-20-13/h4-5,10,14,18H,2-3,6-9H2,1H3,(H,17,19). The quantitative estimate of drug-likeness (QED) is 0.871. The van der Waals surface area contributed by atoms with Crippen LogP contribution in [0.5, 0.6) is 5.75 Å². The van der Waals surface area contributed by atoms with E-state index in [1.165, 1.54) is 12.8 Å². The summed E-state index contributed by atoms with van der Waals surface area (Å²) in [5.74, 6) is 0.482. The lowest BCUT2D eigenvalue weighted by molar-refractivity contribution is 0.0407. The van der Waals surface area contributed by atoms with Gasteiger partial charge in [0.1, 0.15) is 12.4 Å². The van der Waals surface area contributed by atoms with Gasteiger partial charge in [-0.2, -0.15) is 0 Å². The molecule has 1 atom stereocenters. The average molecular weight is 275 g/mol. The van der Waals surface area contributed by atoms with Crippen LogP contribution in [0, 0.1) is 5.41 Å². The zero-order valence-corrected chi connectivity index (χ0v) is 11.8. The Morgan fingerprint density at radius 3 is 2.85 bits per heavy atom. The lowest BCUT2D eigenvalue weighted by Gasteiger charge is -2.30. The summed E-state index contributed by atoms with van der Waals surface area (Å²) in [6, 6.07) is 5.47. The molecule has 1 saturated carbocycles. The molecule has 4 heteroatoms. The molecule has 1 amide bonds. The Kier molecular flexibility index (Phi) is 3.42. The van der Waals surface area contributed by atoms with E-state index in [-0.39, 0.29) is 11.3 Å². The molecule has 3 rings (SSSR count). The molecule has 1 heterocycles. The van der Waals surface area contributed by atoms with Crippen molar-refractivity contribution in [2.24, 2.45) is 5.41 Å². The van der Waals surface area contributed by atoms with Gasteiger partial charge in [-0.05, 0) is 36.0 Å². The van der Waals surface area contributed by atoms with Crippen molar-refractivity contribution in [1.82, 2.24) is 5.32 Å². The number of hydrogen-bond acceptors (Lipinski definition) is 3. The van der Waals surface area contributed by atoms with Gasteiger partial charge in [-0.25, -0.2) is 0 Å². The summed E-state index contributed by atoms with van der Waals surface area (Å²) >= 11 is 0. The average Bonchev–Trinajstić information content (AvgIpc) is 2.82. The SMILES string of the molecule is CC1(C(O)c2ccc3c(c2)C(=O)NCCO3)CCCC1. The summed E-state index contributed by atoms with van der Waals surface area (Å²) in [7, 11) is 0. The number of aliphatic hydroxyl groups excluding tert-OH is 1. The van der Waals surface area contributed by atoms with Crippen LogP contribution < -0.4 is 10.1 Å². The van der Waals surface area contributed by atoms with E-state index >= 15 is 0 Å². The normalized spacial score (nSPS) is 22.4. The van der Waals surface area contributed by atoms with Gasteiger partial charge >= 0.3 is 0 Å². The van der Waals surface area contributed by atoms with Gasteiger partial charge in [0.25, 0.3) is 5.91 Å². The molecular weight excluding hydrogens is 254 g/mol. The summed E-state index contributed by atoms with van der Waals surface area (Å²) in [6.07, 6.45) is 3.89. The Morgan fingerprint density at radius 1 is 1.35 bits per heavy atom. The second kappa shape index (κ2) is 5.09. The van der Waals surface area contributed by atoms with Crippen molar-refractivity contribution in [3.05, 3.63) is 29.3 Å². The molecule has 1 aromatic rings. The third kappa shape index (κ3) is 2.29. The molecule has 1 aliphatic carbocycles. The lowest BCUT2D eigenvalue weighted by Crippen LogP contribution is -2.25. The minimum absolute atomic E-state index is 0.0731. The molecule has 1 aliphatic heterocycles. The van der Waals surface area contributed by atoms with Crippen LogP contribution in [0.4, 0.5) is 0 Å². The molecule has 20 heavy (non-hydrogen) atoms. The molecule has 2 aliphatic rings. The van der Waals surface area contributed by atoms with Gasteiger partial charge < -0.3 is 15.2 Å². The Balaban J connectivity index is 1.93. The smallest absolute Gasteiger partial charge is 0.255 e. The summed E-state index contributed by atoms with van der Waals surface area (Å²) in [5.41, 5.74) is 1.27. The number of benzene rings is 1. The van der Waals surface area contributed by atoms with E-state index in [2.05, 4.69) is 12.2 Å². The first-order valence-electron chi connectivity index (χ1n) is 7.33. The predicted octanol–water partition coefficient (Wildman–Crippen LogP) is 2.42. The fourth-order valence-corrected chi connectivity index (χ4v) is 3.30. The van der Waals surface area contributed by atoms with E-state index in [0.29, 0.717) is 24.5 Å². The van der Waals surface area contributed by atoms with Crippen molar-refractivity contribution in [3.8, 4) is 5.75 Å². The number of fused-ring (bicyclic) bond motifs is 1. The number of hydrogen-bond donors (Lipinski definition) is 2. The van der Waals surface area contributed by atoms with Crippen LogP contribution in [0.1, 0.15) is 54.6 Å². The van der Waals surface area contributed by atoms with Gasteiger partial charge in [-0.15, -0.1) is 0 Å². The molecule has 0 radical (unpaired) electrons. The van der Waals surface area contributed by atoms with Gasteiger partial charge in [0.2, 0.25) is 0 Å². The topological polar surface area (TPSA) is 58.6 Å². The number of carbonyl (C=O) groups excluding carboxylic acids is 1. The molecule has 1 fully saturated rings. The Bertz CT molecular complexity index is 520. The summed E-state index contributed by atoms with van der Waals surface area (Å²) in [4.78, 5) is 12.0. The van der Waals surface area contributed by atoms with E-state index in [1.54, 1.807) is 12.1 Å². The van der Waals surface area contributed by atoms with Gasteiger partial charge in [0.15, 0.2) is 0 Å². The van der Waals surface area contributed by atoms with Crippen molar-refractivity contribution in [2.75, 3.05) is 13.2 Å². The highest BCUT2D eigenvalue weighted by molar-refractivity contribution is 5.97. The third-order valence-corrected chi connectivity index (χ3v) is 4.62. The minimum Gasteiger partial charge on any atom is -0.491 e. The number of carbonyl (C=O) groups is 1. The number of amides is 1. The number of aliphatic hydroxyl groups is 1. The Labute approximate surface area is 119 Å². The molecule has 0 spiro atoms. The van der Waals surface area contributed by atoms with Crippen molar-refractivity contribution < 1.29 is 14.6 Å². The highest BCUT2D eigenvalue weighted by atomic mass is 16.5. The van der Waals surface area contributed by atoms with Crippen LogP contribution >= 0.6 is 0 Å². The molecule has 0 bridgehead atoms. The molecule has 1 aromatic carbocycles. The van der Waals surface area contributed by atoms with Gasteiger partial charge in [-0.3, -0.25) is 4.79 Å². The highest BCUT2D eigenvalue weighted by Crippen LogP contribution is 2.47. The van der Waals surface area contributed by atoms with Crippen molar-refractivity contribution in [1.29, 1.82) is 0 Å². The predicted molar refractivity (Wildman–Crippen MR) is 75.8 cm³/mol. The zero-order valence-electron chi connectivity index (χ0n) is 11.8. The summed E-state index contributed by atoms with van der Waals surface area (Å²) in [5, 5.41) is 13.5. The number of rotatable bonds is 2. The summed E-state index contributed by atoms with van der Waals surface area (Å²) in [6.45, 7) is 3.13. The summed E-state index contributed by atoms with van der Waals surface area (Å²) < 4.78 is 5.54. The second-order valence-electron chi connectivity index (χ2n) is 6.12. The van der Waals surface area contributed by atoms with Crippen LogP contribution in [-0.2, 0) is 0 Å². The maximum absolute atomic E-state index is 12.0. The number of nitrogens with one attached hydrogen (secondary N) is 1. The van der Waals surface area contributed by atoms with Crippen molar-refractivity contribution in [2.45, 2.75) is 38.7 Å². The zero-order chi connectivity index (χ0) is 14.2. The molecular formula is C16H21NO3. The van der Waals surface area contributed by atoms with Crippen molar-refractivity contribution >= 4 is 5.91 Å². The minimum atomic E-state index is -0.522.